The number of aromatic nitrogens is 3. The Morgan fingerprint density at radius 2 is 2.16 bits per heavy atom. The minimum absolute atomic E-state index is 0.129. The lowest BCUT2D eigenvalue weighted by Crippen LogP contribution is -2.50. The Kier molecular flexibility index (Phi) is 7.53. The number of nitrogens with zero attached hydrogens (tertiary/aromatic N) is 5. The van der Waals surface area contributed by atoms with E-state index in [1.54, 1.807) is 31.1 Å². The maximum absolute atomic E-state index is 13.3. The Morgan fingerprint density at radius 1 is 1.38 bits per heavy atom. The van der Waals surface area contributed by atoms with Crippen molar-refractivity contribution >= 4 is 17.9 Å². The van der Waals surface area contributed by atoms with E-state index < -0.39 is 6.10 Å². The zero-order valence-electron chi connectivity index (χ0n) is 18.8. The molecule has 2 aromatic rings. The van der Waals surface area contributed by atoms with Crippen molar-refractivity contribution in [3.8, 4) is 5.88 Å². The second-order valence-electron chi connectivity index (χ2n) is 8.02. The lowest BCUT2D eigenvalue weighted by atomic mass is 9.99. The Balaban J connectivity index is 1.93. The third-order valence-electron chi connectivity index (χ3n) is 5.48. The molecule has 9 nitrogen and oxygen atoms in total. The summed E-state index contributed by atoms with van der Waals surface area (Å²) in [7, 11) is 1.68. The predicted molar refractivity (Wildman–Crippen MR) is 119 cm³/mol. The number of carbonyl (C=O) groups excluding carboxylic acids is 2. The van der Waals surface area contributed by atoms with E-state index in [1.165, 1.54) is 23.5 Å². The lowest BCUT2D eigenvalue weighted by Gasteiger charge is -2.37. The Morgan fingerprint density at radius 3 is 2.81 bits per heavy atom. The fourth-order valence-corrected chi connectivity index (χ4v) is 3.58. The van der Waals surface area contributed by atoms with Crippen LogP contribution in [0.5, 0.6) is 5.88 Å². The van der Waals surface area contributed by atoms with Crippen LogP contribution < -0.4 is 4.74 Å². The summed E-state index contributed by atoms with van der Waals surface area (Å²) in [5, 5.41) is 9.73. The molecule has 0 bridgehead atoms. The molecule has 1 aliphatic heterocycles. The molecule has 9 heteroatoms. The predicted octanol–water partition coefficient (Wildman–Crippen LogP) is 1.90. The van der Waals surface area contributed by atoms with Crippen LogP contribution in [0.4, 0.5) is 0 Å². The number of aliphatic hydroxyl groups is 1. The summed E-state index contributed by atoms with van der Waals surface area (Å²) in [6.07, 6.45) is 9.33. The van der Waals surface area contributed by atoms with Gasteiger partial charge in [0, 0.05) is 38.1 Å². The molecule has 0 spiro atoms. The van der Waals surface area contributed by atoms with Crippen LogP contribution in [-0.4, -0.2) is 80.6 Å². The van der Waals surface area contributed by atoms with Crippen molar-refractivity contribution in [3.63, 3.8) is 0 Å². The highest BCUT2D eigenvalue weighted by Crippen LogP contribution is 2.27. The summed E-state index contributed by atoms with van der Waals surface area (Å²) < 4.78 is 6.20. The molecule has 170 valence electrons. The van der Waals surface area contributed by atoms with Crippen molar-refractivity contribution in [3.05, 3.63) is 53.8 Å². The van der Waals surface area contributed by atoms with E-state index in [4.69, 9.17) is 4.74 Å². The van der Waals surface area contributed by atoms with Crippen molar-refractivity contribution in [2.45, 2.75) is 32.9 Å². The molecular formula is C23H29N5O4. The fourth-order valence-electron chi connectivity index (χ4n) is 3.58. The molecule has 0 saturated carbocycles. The second-order valence-corrected chi connectivity index (χ2v) is 8.02. The summed E-state index contributed by atoms with van der Waals surface area (Å²) in [4.78, 5) is 41.7. The van der Waals surface area contributed by atoms with Crippen LogP contribution in [0.25, 0.3) is 6.08 Å². The molecule has 2 amide bonds. The Labute approximate surface area is 187 Å². The fraction of sp³-hybridized carbons (Fsp3) is 0.435. The maximum atomic E-state index is 13.3. The largest absolute Gasteiger partial charge is 0.472 e. The number of ether oxygens (including phenoxy) is 1. The van der Waals surface area contributed by atoms with Crippen LogP contribution in [0, 0.1) is 5.92 Å². The minimum atomic E-state index is -0.430. The summed E-state index contributed by atoms with van der Waals surface area (Å²) >= 11 is 0. The molecule has 32 heavy (non-hydrogen) atoms. The van der Waals surface area contributed by atoms with Crippen molar-refractivity contribution in [1.29, 1.82) is 0 Å². The average Bonchev–Trinajstić information content (AvgIpc) is 2.81. The molecule has 0 aromatic carbocycles. The number of fused-ring (bicyclic) bond motifs is 1. The Hall–Kier alpha value is -3.33. The van der Waals surface area contributed by atoms with Crippen molar-refractivity contribution < 1.29 is 19.4 Å². The zero-order valence-corrected chi connectivity index (χ0v) is 18.8. The number of likely N-dealkylation sites (N-methyl/N-ethyl adjacent to an activating group) is 1. The quantitative estimate of drug-likeness (QED) is 0.732. The molecule has 0 aliphatic carbocycles. The Bertz CT molecular complexity index is 982. The van der Waals surface area contributed by atoms with E-state index in [0.717, 1.165) is 5.56 Å². The molecule has 3 rings (SSSR count). The first-order valence-electron chi connectivity index (χ1n) is 10.6. The molecule has 3 heterocycles. The van der Waals surface area contributed by atoms with Gasteiger partial charge in [0.15, 0.2) is 0 Å². The van der Waals surface area contributed by atoms with Crippen molar-refractivity contribution in [1.82, 2.24) is 24.8 Å². The molecule has 0 radical (unpaired) electrons. The summed E-state index contributed by atoms with van der Waals surface area (Å²) in [6.45, 7) is 6.11. The monoisotopic (exact) mass is 439 g/mol. The summed E-state index contributed by atoms with van der Waals surface area (Å²) in [5.41, 5.74) is 1.36. The van der Waals surface area contributed by atoms with E-state index in [9.17, 15) is 14.7 Å². The normalized spacial score (nSPS) is 19.7. The van der Waals surface area contributed by atoms with Crippen molar-refractivity contribution in [2.24, 2.45) is 5.92 Å². The number of pyridine rings is 1. The summed E-state index contributed by atoms with van der Waals surface area (Å²) in [6, 6.07) is 1.37. The first-order valence-corrected chi connectivity index (χ1v) is 10.6. The maximum Gasteiger partial charge on any atom is 0.273 e. The van der Waals surface area contributed by atoms with Gasteiger partial charge in [0.05, 0.1) is 25.4 Å². The van der Waals surface area contributed by atoms with E-state index in [1.807, 2.05) is 26.0 Å². The van der Waals surface area contributed by atoms with E-state index in [2.05, 4.69) is 15.0 Å². The molecule has 0 saturated heterocycles. The van der Waals surface area contributed by atoms with Crippen LogP contribution in [-0.2, 0) is 0 Å². The van der Waals surface area contributed by atoms with Gasteiger partial charge < -0.3 is 19.6 Å². The SMILES string of the molecule is CC=Cc1cnc2c(c1)C(=O)N([C@@H](C)CO)C[C@H](C)[C@H](CN(C)C(=O)c1cnccn1)O2. The topological polar surface area (TPSA) is 109 Å². The van der Waals surface area contributed by atoms with Gasteiger partial charge in [0.25, 0.3) is 11.8 Å². The molecule has 1 N–H and O–H groups in total. The van der Waals surface area contributed by atoms with Gasteiger partial charge in [-0.15, -0.1) is 0 Å². The van der Waals surface area contributed by atoms with E-state index >= 15 is 0 Å². The van der Waals surface area contributed by atoms with Gasteiger partial charge >= 0.3 is 0 Å². The van der Waals surface area contributed by atoms with Gasteiger partial charge in [-0.25, -0.2) is 9.97 Å². The van der Waals surface area contributed by atoms with Crippen LogP contribution in [0.15, 0.2) is 36.9 Å². The number of rotatable bonds is 6. The molecule has 1 aliphatic rings. The number of amides is 2. The molecule has 0 unspecified atom stereocenters. The highest BCUT2D eigenvalue weighted by molar-refractivity contribution is 5.97. The highest BCUT2D eigenvalue weighted by atomic mass is 16.5. The third-order valence-corrected chi connectivity index (χ3v) is 5.48. The summed E-state index contributed by atoms with van der Waals surface area (Å²) in [5.74, 6) is -0.426. The zero-order chi connectivity index (χ0) is 23.3. The van der Waals surface area contributed by atoms with Gasteiger partial charge in [0.2, 0.25) is 5.88 Å². The molecule has 2 aromatic heterocycles. The highest BCUT2D eigenvalue weighted by Gasteiger charge is 2.34. The molecule has 0 fully saturated rings. The molecular weight excluding hydrogens is 410 g/mol. The van der Waals surface area contributed by atoms with Crippen LogP contribution in [0.1, 0.15) is 47.2 Å². The van der Waals surface area contributed by atoms with Crippen molar-refractivity contribution in [2.75, 3.05) is 26.7 Å². The smallest absolute Gasteiger partial charge is 0.273 e. The first kappa shape index (κ1) is 23.3. The number of allylic oxidation sites excluding steroid dienone is 1. The standard InChI is InChI=1S/C23H29N5O4/c1-5-6-17-9-18-21(26-10-17)32-20(15(2)12-28(22(18)30)16(3)14-29)13-27(4)23(31)19-11-24-7-8-25-19/h5-11,15-16,20,29H,12-14H2,1-4H3/t15-,16-,20-/m0/s1. The van der Waals surface area contributed by atoms with E-state index in [0.29, 0.717) is 12.1 Å². The number of hydrogen-bond acceptors (Lipinski definition) is 7. The number of carbonyl (C=O) groups is 2. The van der Waals surface area contributed by atoms with Crippen LogP contribution in [0.3, 0.4) is 0 Å². The van der Waals surface area contributed by atoms with Crippen LogP contribution in [0.2, 0.25) is 0 Å². The minimum Gasteiger partial charge on any atom is -0.472 e. The lowest BCUT2D eigenvalue weighted by molar-refractivity contribution is 0.0312. The second kappa shape index (κ2) is 10.3. The van der Waals surface area contributed by atoms with E-state index in [-0.39, 0.29) is 48.5 Å². The van der Waals surface area contributed by atoms with Gasteiger partial charge in [-0.3, -0.25) is 14.6 Å². The number of aliphatic hydroxyl groups excluding tert-OH is 1. The van der Waals surface area contributed by atoms with Gasteiger partial charge in [-0.2, -0.15) is 0 Å². The van der Waals surface area contributed by atoms with Gasteiger partial charge in [-0.1, -0.05) is 19.1 Å². The molecule has 3 atom stereocenters. The average molecular weight is 440 g/mol. The number of hydrogen-bond donors (Lipinski definition) is 1. The first-order chi connectivity index (χ1) is 15.3. The van der Waals surface area contributed by atoms with Gasteiger partial charge in [-0.05, 0) is 25.5 Å². The third kappa shape index (κ3) is 5.11. The van der Waals surface area contributed by atoms with Gasteiger partial charge in [0.1, 0.15) is 17.4 Å². The van der Waals surface area contributed by atoms with Crippen LogP contribution >= 0.6 is 0 Å².